The molecular weight excluding hydrogens is 346 g/mol. The average molecular weight is 371 g/mol. The summed E-state index contributed by atoms with van der Waals surface area (Å²) >= 11 is 0. The second-order valence-corrected chi connectivity index (χ2v) is 5.89. The van der Waals surface area contributed by atoms with Crippen molar-refractivity contribution in [3.05, 3.63) is 59.4 Å². The predicted molar refractivity (Wildman–Crippen MR) is 102 cm³/mol. The van der Waals surface area contributed by atoms with Crippen molar-refractivity contribution in [2.75, 3.05) is 33.9 Å². The Morgan fingerprint density at radius 1 is 1.04 bits per heavy atom. The van der Waals surface area contributed by atoms with Crippen molar-refractivity contribution in [1.82, 2.24) is 15.6 Å². The van der Waals surface area contributed by atoms with Gasteiger partial charge in [0.15, 0.2) is 0 Å². The number of ether oxygens (including phenoxy) is 2. The van der Waals surface area contributed by atoms with Crippen LogP contribution >= 0.6 is 0 Å². The zero-order valence-electron chi connectivity index (χ0n) is 15.7. The van der Waals surface area contributed by atoms with E-state index in [0.717, 1.165) is 17.7 Å². The largest absolute Gasteiger partial charge is 0.497 e. The molecule has 1 aromatic heterocycles. The molecule has 0 saturated carbocycles. The Balaban J connectivity index is 1.86. The maximum atomic E-state index is 12.3. The maximum absolute atomic E-state index is 12.3. The van der Waals surface area contributed by atoms with Gasteiger partial charge >= 0.3 is 0 Å². The van der Waals surface area contributed by atoms with Crippen LogP contribution in [0.25, 0.3) is 0 Å². The van der Waals surface area contributed by atoms with Crippen LogP contribution in [-0.4, -0.2) is 50.7 Å². The number of aromatic nitrogens is 1. The van der Waals surface area contributed by atoms with E-state index < -0.39 is 0 Å². The quantitative estimate of drug-likeness (QED) is 0.622. The molecule has 0 saturated heterocycles. The minimum Gasteiger partial charge on any atom is -0.497 e. The Bertz CT molecular complexity index is 764. The molecule has 2 aromatic rings. The first kappa shape index (κ1) is 20.4. The van der Waals surface area contributed by atoms with Gasteiger partial charge in [0.1, 0.15) is 11.4 Å². The summed E-state index contributed by atoms with van der Waals surface area (Å²) in [4.78, 5) is 28.5. The molecule has 0 atom stereocenters. The molecule has 2 rings (SSSR count). The Morgan fingerprint density at radius 2 is 1.85 bits per heavy atom. The van der Waals surface area contributed by atoms with E-state index in [-0.39, 0.29) is 17.5 Å². The number of nitrogens with zero attached hydrogens (tertiary/aromatic N) is 1. The SMILES string of the molecule is COCCCNC(=O)c1ccnc(C(=O)NCCc2cccc(OC)c2)c1. The highest BCUT2D eigenvalue weighted by Gasteiger charge is 2.11. The lowest BCUT2D eigenvalue weighted by molar-refractivity contribution is 0.0948. The van der Waals surface area contributed by atoms with Gasteiger partial charge < -0.3 is 20.1 Å². The molecule has 0 aliphatic heterocycles. The van der Waals surface area contributed by atoms with E-state index in [1.807, 2.05) is 24.3 Å². The molecule has 144 valence electrons. The molecule has 0 radical (unpaired) electrons. The summed E-state index contributed by atoms with van der Waals surface area (Å²) < 4.78 is 10.1. The lowest BCUT2D eigenvalue weighted by Gasteiger charge is -2.08. The van der Waals surface area contributed by atoms with Crippen molar-refractivity contribution < 1.29 is 19.1 Å². The van der Waals surface area contributed by atoms with Crippen LogP contribution in [-0.2, 0) is 11.2 Å². The fourth-order valence-corrected chi connectivity index (χ4v) is 2.46. The molecule has 0 unspecified atom stereocenters. The number of hydrogen-bond acceptors (Lipinski definition) is 5. The van der Waals surface area contributed by atoms with Crippen LogP contribution in [0.1, 0.15) is 32.8 Å². The summed E-state index contributed by atoms with van der Waals surface area (Å²) in [6.07, 6.45) is 2.86. The highest BCUT2D eigenvalue weighted by Crippen LogP contribution is 2.12. The average Bonchev–Trinajstić information content (AvgIpc) is 2.71. The normalized spacial score (nSPS) is 10.3. The summed E-state index contributed by atoms with van der Waals surface area (Å²) in [6.45, 7) is 1.55. The summed E-state index contributed by atoms with van der Waals surface area (Å²) in [5, 5.41) is 5.61. The molecule has 2 amide bonds. The van der Waals surface area contributed by atoms with Gasteiger partial charge in [-0.3, -0.25) is 14.6 Å². The molecule has 1 aromatic carbocycles. The Kier molecular flexibility index (Phi) is 8.25. The van der Waals surface area contributed by atoms with Crippen LogP contribution in [0.5, 0.6) is 5.75 Å². The van der Waals surface area contributed by atoms with Gasteiger partial charge in [-0.25, -0.2) is 0 Å². The third-order valence-electron chi connectivity index (χ3n) is 3.90. The van der Waals surface area contributed by atoms with Crippen molar-refractivity contribution in [1.29, 1.82) is 0 Å². The molecule has 27 heavy (non-hydrogen) atoms. The highest BCUT2D eigenvalue weighted by molar-refractivity contribution is 5.98. The van der Waals surface area contributed by atoms with Gasteiger partial charge in [-0.2, -0.15) is 0 Å². The number of methoxy groups -OCH3 is 2. The number of carbonyl (C=O) groups excluding carboxylic acids is 2. The third-order valence-corrected chi connectivity index (χ3v) is 3.90. The molecule has 2 N–H and O–H groups in total. The van der Waals surface area contributed by atoms with Crippen LogP contribution in [0, 0.1) is 0 Å². The van der Waals surface area contributed by atoms with Gasteiger partial charge in [-0.05, 0) is 42.7 Å². The monoisotopic (exact) mass is 371 g/mol. The highest BCUT2D eigenvalue weighted by atomic mass is 16.5. The van der Waals surface area contributed by atoms with Crippen LogP contribution in [0.3, 0.4) is 0 Å². The molecule has 0 aliphatic rings. The zero-order chi connectivity index (χ0) is 19.5. The molecular formula is C20H25N3O4. The van der Waals surface area contributed by atoms with Gasteiger partial charge in [0.25, 0.3) is 11.8 Å². The zero-order valence-corrected chi connectivity index (χ0v) is 15.7. The van der Waals surface area contributed by atoms with E-state index in [1.165, 1.54) is 12.3 Å². The van der Waals surface area contributed by atoms with Crippen molar-refractivity contribution in [3.63, 3.8) is 0 Å². The second kappa shape index (κ2) is 10.9. The molecule has 7 heteroatoms. The maximum Gasteiger partial charge on any atom is 0.269 e. The van der Waals surface area contributed by atoms with E-state index in [2.05, 4.69) is 15.6 Å². The lowest BCUT2D eigenvalue weighted by Crippen LogP contribution is -2.28. The number of rotatable bonds is 10. The summed E-state index contributed by atoms with van der Waals surface area (Å²) in [6, 6.07) is 10.8. The van der Waals surface area contributed by atoms with E-state index in [1.54, 1.807) is 20.3 Å². The van der Waals surface area contributed by atoms with Gasteiger partial charge in [0, 0.05) is 38.6 Å². The number of pyridine rings is 1. The Morgan fingerprint density at radius 3 is 2.63 bits per heavy atom. The van der Waals surface area contributed by atoms with Crippen molar-refractivity contribution in [2.45, 2.75) is 12.8 Å². The van der Waals surface area contributed by atoms with E-state index in [0.29, 0.717) is 31.7 Å². The molecule has 1 heterocycles. The van der Waals surface area contributed by atoms with Gasteiger partial charge in [-0.1, -0.05) is 12.1 Å². The van der Waals surface area contributed by atoms with Gasteiger partial charge in [0.2, 0.25) is 0 Å². The molecule has 0 aliphatic carbocycles. The lowest BCUT2D eigenvalue weighted by atomic mass is 10.1. The molecule has 7 nitrogen and oxygen atoms in total. The summed E-state index contributed by atoms with van der Waals surface area (Å²) in [5.74, 6) is 0.232. The number of nitrogens with one attached hydrogen (secondary N) is 2. The smallest absolute Gasteiger partial charge is 0.269 e. The van der Waals surface area contributed by atoms with E-state index >= 15 is 0 Å². The summed E-state index contributed by atoms with van der Waals surface area (Å²) in [5.41, 5.74) is 1.68. The van der Waals surface area contributed by atoms with Crippen LogP contribution < -0.4 is 15.4 Å². The number of amides is 2. The summed E-state index contributed by atoms with van der Waals surface area (Å²) in [7, 11) is 3.23. The molecule has 0 bridgehead atoms. The molecule has 0 spiro atoms. The van der Waals surface area contributed by atoms with Gasteiger partial charge in [-0.15, -0.1) is 0 Å². The number of hydrogen-bond donors (Lipinski definition) is 2. The van der Waals surface area contributed by atoms with Gasteiger partial charge in [0.05, 0.1) is 7.11 Å². The Hall–Kier alpha value is -2.93. The van der Waals surface area contributed by atoms with Crippen LogP contribution in [0.2, 0.25) is 0 Å². The predicted octanol–water partition coefficient (Wildman–Crippen LogP) is 1.83. The van der Waals surface area contributed by atoms with E-state index in [9.17, 15) is 9.59 Å². The van der Waals surface area contributed by atoms with Crippen molar-refractivity contribution >= 4 is 11.8 Å². The molecule has 0 fully saturated rings. The second-order valence-electron chi connectivity index (χ2n) is 5.89. The first-order chi connectivity index (χ1) is 13.1. The number of benzene rings is 1. The third kappa shape index (κ3) is 6.71. The fraction of sp³-hybridized carbons (Fsp3) is 0.350. The first-order valence-corrected chi connectivity index (χ1v) is 8.78. The first-order valence-electron chi connectivity index (χ1n) is 8.78. The van der Waals surface area contributed by atoms with Crippen LogP contribution in [0.4, 0.5) is 0 Å². The minimum atomic E-state index is -0.313. The van der Waals surface area contributed by atoms with Crippen LogP contribution in [0.15, 0.2) is 42.6 Å². The number of carbonyl (C=O) groups is 2. The van der Waals surface area contributed by atoms with Crippen molar-refractivity contribution in [3.8, 4) is 5.75 Å². The van der Waals surface area contributed by atoms with Crippen molar-refractivity contribution in [2.24, 2.45) is 0 Å². The minimum absolute atomic E-state index is 0.213. The standard InChI is InChI=1S/C20H25N3O4/c1-26-12-4-9-22-19(24)16-8-11-21-18(14-16)20(25)23-10-7-15-5-3-6-17(13-15)27-2/h3,5-6,8,11,13-14H,4,7,9-10,12H2,1-2H3,(H,22,24)(H,23,25). The topological polar surface area (TPSA) is 89.5 Å². The van der Waals surface area contributed by atoms with E-state index in [4.69, 9.17) is 9.47 Å². The fourth-order valence-electron chi connectivity index (χ4n) is 2.46. The Labute approximate surface area is 159 Å².